The van der Waals surface area contributed by atoms with Crippen molar-refractivity contribution >= 4 is 33.1 Å². The van der Waals surface area contributed by atoms with E-state index in [1.54, 1.807) is 17.4 Å². The summed E-state index contributed by atoms with van der Waals surface area (Å²) >= 11 is 1.63. The molecule has 0 aliphatic heterocycles. The van der Waals surface area contributed by atoms with Gasteiger partial charge in [-0.15, -0.1) is 11.3 Å². The number of aromatic amines is 1. The summed E-state index contributed by atoms with van der Waals surface area (Å²) in [5.74, 6) is -0.282. The number of carbonyl (C=O) groups is 1. The third-order valence-corrected chi connectivity index (χ3v) is 3.86. The highest BCUT2D eigenvalue weighted by Gasteiger charge is 2.13. The fourth-order valence-electron chi connectivity index (χ4n) is 1.95. The number of carbonyl (C=O) groups excluding carboxylic acids is 1. The molecule has 98 valence electrons. The first kappa shape index (κ1) is 12.4. The van der Waals surface area contributed by atoms with Gasteiger partial charge in [0.25, 0.3) is 5.91 Å². The number of thiophene rings is 1. The highest BCUT2D eigenvalue weighted by Crippen LogP contribution is 2.26. The third-order valence-electron chi connectivity index (χ3n) is 2.86. The van der Waals surface area contributed by atoms with Crippen LogP contribution in [0, 0.1) is 18.3 Å². The maximum atomic E-state index is 12.2. The first-order valence-corrected chi connectivity index (χ1v) is 6.73. The summed E-state index contributed by atoms with van der Waals surface area (Å²) in [4.78, 5) is 20.3. The van der Waals surface area contributed by atoms with Gasteiger partial charge in [-0.05, 0) is 25.1 Å². The summed E-state index contributed by atoms with van der Waals surface area (Å²) in [5, 5.41) is 11.7. The van der Waals surface area contributed by atoms with Crippen molar-refractivity contribution in [3.05, 3.63) is 46.7 Å². The number of H-pyrrole nitrogens is 1. The Kier molecular flexibility index (Phi) is 2.97. The maximum Gasteiger partial charge on any atom is 0.272 e. The molecule has 0 unspecified atom stereocenters. The Labute approximate surface area is 118 Å². The molecule has 0 saturated carbocycles. The Balaban J connectivity index is 1.89. The second kappa shape index (κ2) is 4.79. The van der Waals surface area contributed by atoms with Crippen molar-refractivity contribution in [3.8, 4) is 6.07 Å². The minimum atomic E-state index is -0.282. The van der Waals surface area contributed by atoms with Crippen LogP contribution in [-0.4, -0.2) is 15.9 Å². The van der Waals surface area contributed by atoms with E-state index in [4.69, 9.17) is 5.26 Å². The Morgan fingerprint density at radius 2 is 2.35 bits per heavy atom. The van der Waals surface area contributed by atoms with Crippen LogP contribution in [0.25, 0.3) is 10.2 Å². The van der Waals surface area contributed by atoms with Gasteiger partial charge in [0.1, 0.15) is 11.8 Å². The van der Waals surface area contributed by atoms with Gasteiger partial charge in [0, 0.05) is 11.1 Å². The molecule has 0 saturated heterocycles. The number of nitrogens with zero attached hydrogens (tertiary/aromatic N) is 2. The third kappa shape index (κ3) is 2.15. The zero-order valence-corrected chi connectivity index (χ0v) is 11.4. The summed E-state index contributed by atoms with van der Waals surface area (Å²) < 4.78 is 1.04. The Morgan fingerprint density at radius 3 is 3.10 bits per heavy atom. The summed E-state index contributed by atoms with van der Waals surface area (Å²) in [6, 6.07) is 7.39. The lowest BCUT2D eigenvalue weighted by atomic mass is 10.2. The monoisotopic (exact) mass is 282 g/mol. The molecule has 2 N–H and O–H groups in total. The summed E-state index contributed by atoms with van der Waals surface area (Å²) in [6.45, 7) is 2.02. The van der Waals surface area contributed by atoms with Crippen molar-refractivity contribution in [2.75, 3.05) is 5.32 Å². The van der Waals surface area contributed by atoms with E-state index in [2.05, 4.69) is 15.3 Å². The Hall–Kier alpha value is -2.65. The van der Waals surface area contributed by atoms with Gasteiger partial charge >= 0.3 is 0 Å². The summed E-state index contributed by atoms with van der Waals surface area (Å²) in [5.41, 5.74) is 2.22. The van der Waals surface area contributed by atoms with E-state index < -0.39 is 0 Å². The minimum absolute atomic E-state index is 0.282. The predicted octanol–water partition coefficient (Wildman–Crippen LogP) is 3.06. The molecule has 0 spiro atoms. The van der Waals surface area contributed by atoms with Crippen molar-refractivity contribution in [2.45, 2.75) is 6.92 Å². The highest BCUT2D eigenvalue weighted by atomic mass is 32.1. The minimum Gasteiger partial charge on any atom is -0.350 e. The molecule has 3 heterocycles. The van der Waals surface area contributed by atoms with Crippen LogP contribution in [-0.2, 0) is 0 Å². The van der Waals surface area contributed by atoms with Crippen molar-refractivity contribution in [2.24, 2.45) is 0 Å². The van der Waals surface area contributed by atoms with Crippen LogP contribution >= 0.6 is 11.3 Å². The molecule has 0 atom stereocenters. The van der Waals surface area contributed by atoms with Gasteiger partial charge in [0.2, 0.25) is 0 Å². The number of rotatable bonds is 2. The van der Waals surface area contributed by atoms with E-state index in [0.29, 0.717) is 16.9 Å². The van der Waals surface area contributed by atoms with E-state index in [-0.39, 0.29) is 5.91 Å². The van der Waals surface area contributed by atoms with E-state index >= 15 is 0 Å². The number of anilines is 1. The van der Waals surface area contributed by atoms with Gasteiger partial charge < -0.3 is 10.3 Å². The maximum absolute atomic E-state index is 12.2. The molecule has 5 nitrogen and oxygen atoms in total. The molecule has 0 aliphatic rings. The van der Waals surface area contributed by atoms with E-state index in [1.165, 1.54) is 17.3 Å². The van der Waals surface area contributed by atoms with Crippen LogP contribution in [0.3, 0.4) is 0 Å². The zero-order valence-electron chi connectivity index (χ0n) is 10.6. The van der Waals surface area contributed by atoms with Gasteiger partial charge in [-0.2, -0.15) is 5.26 Å². The normalized spacial score (nSPS) is 10.4. The van der Waals surface area contributed by atoms with Crippen LogP contribution in [0.15, 0.2) is 30.6 Å². The molecular weight excluding hydrogens is 272 g/mol. The fourth-order valence-corrected chi connectivity index (χ4v) is 2.87. The molecule has 0 aromatic carbocycles. The Bertz CT molecular complexity index is 809. The van der Waals surface area contributed by atoms with Crippen molar-refractivity contribution in [3.63, 3.8) is 0 Å². The van der Waals surface area contributed by atoms with E-state index in [0.717, 1.165) is 10.2 Å². The Morgan fingerprint density at radius 1 is 1.50 bits per heavy atom. The topological polar surface area (TPSA) is 81.6 Å². The number of amides is 1. The van der Waals surface area contributed by atoms with E-state index in [1.807, 2.05) is 25.1 Å². The number of hydrogen-bond donors (Lipinski definition) is 2. The van der Waals surface area contributed by atoms with Gasteiger partial charge in [-0.25, -0.2) is 0 Å². The SMILES string of the molecule is Cc1cc2[nH]c(C(=O)Nc3cnccc3C#N)cc2s1. The highest BCUT2D eigenvalue weighted by molar-refractivity contribution is 7.19. The quantitative estimate of drug-likeness (QED) is 0.758. The molecular formula is C14H10N4OS. The lowest BCUT2D eigenvalue weighted by Gasteiger charge is -2.04. The molecule has 0 bridgehead atoms. The number of aryl methyl sites for hydroxylation is 1. The van der Waals surface area contributed by atoms with Crippen LogP contribution in [0.4, 0.5) is 5.69 Å². The van der Waals surface area contributed by atoms with Crippen molar-refractivity contribution < 1.29 is 4.79 Å². The van der Waals surface area contributed by atoms with Crippen LogP contribution in [0.5, 0.6) is 0 Å². The standard InChI is InChI=1S/C14H10N4OS/c1-8-4-10-13(20-8)5-11(17-10)14(19)18-12-7-16-3-2-9(12)6-15/h2-5,7,17H,1H3,(H,18,19). The second-order valence-corrected chi connectivity index (χ2v) is 5.59. The smallest absolute Gasteiger partial charge is 0.272 e. The predicted molar refractivity (Wildman–Crippen MR) is 77.8 cm³/mol. The first-order valence-electron chi connectivity index (χ1n) is 5.92. The molecule has 0 radical (unpaired) electrons. The average Bonchev–Trinajstić information content (AvgIpc) is 2.96. The van der Waals surface area contributed by atoms with Crippen LogP contribution < -0.4 is 5.32 Å². The molecule has 3 aromatic heterocycles. The van der Waals surface area contributed by atoms with Gasteiger partial charge in [-0.3, -0.25) is 9.78 Å². The van der Waals surface area contributed by atoms with Crippen LogP contribution in [0.2, 0.25) is 0 Å². The average molecular weight is 282 g/mol. The summed E-state index contributed by atoms with van der Waals surface area (Å²) in [6.07, 6.45) is 2.98. The summed E-state index contributed by atoms with van der Waals surface area (Å²) in [7, 11) is 0. The van der Waals surface area contributed by atoms with Crippen LogP contribution in [0.1, 0.15) is 20.9 Å². The number of hydrogen-bond acceptors (Lipinski definition) is 4. The number of fused-ring (bicyclic) bond motifs is 1. The number of pyridine rings is 1. The van der Waals surface area contributed by atoms with Gasteiger partial charge in [0.05, 0.1) is 27.7 Å². The largest absolute Gasteiger partial charge is 0.350 e. The molecule has 1 amide bonds. The van der Waals surface area contributed by atoms with Crippen molar-refractivity contribution in [1.29, 1.82) is 5.26 Å². The van der Waals surface area contributed by atoms with Gasteiger partial charge in [-0.1, -0.05) is 0 Å². The second-order valence-electron chi connectivity index (χ2n) is 4.31. The molecule has 0 aliphatic carbocycles. The number of nitriles is 1. The van der Waals surface area contributed by atoms with Crippen molar-refractivity contribution in [1.82, 2.24) is 9.97 Å². The number of aromatic nitrogens is 2. The molecule has 6 heteroatoms. The number of nitrogens with one attached hydrogen (secondary N) is 2. The molecule has 3 rings (SSSR count). The lowest BCUT2D eigenvalue weighted by molar-refractivity contribution is 0.102. The zero-order chi connectivity index (χ0) is 14.1. The molecule has 0 fully saturated rings. The van der Waals surface area contributed by atoms with Gasteiger partial charge in [0.15, 0.2) is 0 Å². The molecule has 20 heavy (non-hydrogen) atoms. The lowest BCUT2D eigenvalue weighted by Crippen LogP contribution is -2.13. The first-order chi connectivity index (χ1) is 9.67. The van der Waals surface area contributed by atoms with E-state index in [9.17, 15) is 4.79 Å². The fraction of sp³-hybridized carbons (Fsp3) is 0.0714. The molecule has 3 aromatic rings.